The fraction of sp³-hybridized carbons (Fsp3) is 0.125. The number of nitrogens with one attached hydrogen (secondary N) is 2. The lowest BCUT2D eigenvalue weighted by atomic mass is 10.0. The van der Waals surface area contributed by atoms with Crippen molar-refractivity contribution in [1.82, 2.24) is 14.9 Å². The molecule has 0 radical (unpaired) electrons. The number of pyridine rings is 1. The maximum Gasteiger partial charge on any atom is 0.255 e. The summed E-state index contributed by atoms with van der Waals surface area (Å²) >= 11 is 0. The van der Waals surface area contributed by atoms with Crippen LogP contribution in [0.15, 0.2) is 83.3 Å². The van der Waals surface area contributed by atoms with Gasteiger partial charge in [-0.2, -0.15) is 0 Å². The molecule has 3 aromatic carbocycles. The third kappa shape index (κ3) is 4.49. The van der Waals surface area contributed by atoms with Gasteiger partial charge in [-0.3, -0.25) is 9.52 Å². The molecule has 0 unspecified atom stereocenters. The van der Waals surface area contributed by atoms with E-state index in [9.17, 15) is 17.6 Å². The van der Waals surface area contributed by atoms with Crippen LogP contribution in [0.3, 0.4) is 0 Å². The molecule has 0 spiro atoms. The lowest BCUT2D eigenvalue weighted by Crippen LogP contribution is -2.18. The van der Waals surface area contributed by atoms with Crippen LogP contribution >= 0.6 is 0 Å². The Balaban J connectivity index is 1.47. The van der Waals surface area contributed by atoms with Crippen molar-refractivity contribution in [3.8, 4) is 39.7 Å². The second kappa shape index (κ2) is 9.99. The van der Waals surface area contributed by atoms with Crippen molar-refractivity contribution < 1.29 is 26.8 Å². The number of fused-ring (bicyclic) bond motifs is 6. The minimum atomic E-state index is -3.71. The topological polar surface area (TPSA) is 115 Å². The van der Waals surface area contributed by atoms with Crippen LogP contribution in [0.5, 0.6) is 5.75 Å². The fourth-order valence-electron chi connectivity index (χ4n) is 5.41. The maximum atomic E-state index is 13.7. The Hall–Kier alpha value is -5.16. The average molecular weight is 597 g/mol. The van der Waals surface area contributed by atoms with Crippen LogP contribution in [0.1, 0.15) is 17.3 Å². The number of amides is 1. The highest BCUT2D eigenvalue weighted by Crippen LogP contribution is 2.42. The molecule has 7 rings (SSSR count). The summed E-state index contributed by atoms with van der Waals surface area (Å²) in [5.41, 5.74) is 4.63. The highest BCUT2D eigenvalue weighted by molar-refractivity contribution is 7.92. The van der Waals surface area contributed by atoms with Gasteiger partial charge in [0.15, 0.2) is 6.73 Å². The molecule has 0 saturated heterocycles. The van der Waals surface area contributed by atoms with Crippen molar-refractivity contribution in [3.05, 3.63) is 90.2 Å². The van der Waals surface area contributed by atoms with E-state index in [1.54, 1.807) is 24.3 Å². The predicted molar refractivity (Wildman–Crippen MR) is 163 cm³/mol. The van der Waals surface area contributed by atoms with E-state index >= 15 is 0 Å². The van der Waals surface area contributed by atoms with Gasteiger partial charge in [-0.05, 0) is 61.5 Å². The van der Waals surface area contributed by atoms with E-state index in [0.29, 0.717) is 40.4 Å². The van der Waals surface area contributed by atoms with Gasteiger partial charge in [-0.15, -0.1) is 0 Å². The van der Waals surface area contributed by atoms with Crippen LogP contribution in [0.4, 0.5) is 10.1 Å². The minimum absolute atomic E-state index is 0.154. The summed E-state index contributed by atoms with van der Waals surface area (Å²) in [5, 5.41) is 4.13. The number of carbonyl (C=O) groups excluding carboxylic acids is 1. The van der Waals surface area contributed by atoms with Gasteiger partial charge in [-0.1, -0.05) is 18.2 Å². The summed E-state index contributed by atoms with van der Waals surface area (Å²) in [6, 6.07) is 22.4. The number of carbonyl (C=O) groups is 1. The van der Waals surface area contributed by atoms with Crippen molar-refractivity contribution in [3.63, 3.8) is 0 Å². The van der Waals surface area contributed by atoms with Crippen molar-refractivity contribution in [1.29, 1.82) is 0 Å². The van der Waals surface area contributed by atoms with Crippen molar-refractivity contribution in [2.24, 2.45) is 0 Å². The second-order valence-electron chi connectivity index (χ2n) is 10.1. The number of anilines is 1. The van der Waals surface area contributed by atoms with Gasteiger partial charge in [0.05, 0.1) is 33.9 Å². The number of sulfonamides is 1. The van der Waals surface area contributed by atoms with Gasteiger partial charge in [0.25, 0.3) is 5.91 Å². The van der Waals surface area contributed by atoms with Gasteiger partial charge in [0.2, 0.25) is 10.0 Å². The molecule has 0 atom stereocenters. The van der Waals surface area contributed by atoms with Crippen molar-refractivity contribution >= 4 is 43.5 Å². The Morgan fingerprint density at radius 1 is 1.05 bits per heavy atom. The number of hydrogen-bond acceptors (Lipinski definition) is 6. The first-order valence-corrected chi connectivity index (χ1v) is 15.2. The second-order valence-corrected chi connectivity index (χ2v) is 12.1. The number of ether oxygens (including phenoxy) is 1. The van der Waals surface area contributed by atoms with Gasteiger partial charge >= 0.3 is 0 Å². The largest absolute Gasteiger partial charge is 0.470 e. The van der Waals surface area contributed by atoms with Gasteiger partial charge in [0.1, 0.15) is 28.6 Å². The highest BCUT2D eigenvalue weighted by atomic mass is 32.2. The summed E-state index contributed by atoms with van der Waals surface area (Å²) < 4.78 is 56.1. The third-order valence-corrected chi connectivity index (χ3v) is 8.86. The Morgan fingerprint density at radius 2 is 1.84 bits per heavy atom. The zero-order valence-corrected chi connectivity index (χ0v) is 24.0. The van der Waals surface area contributed by atoms with Crippen LogP contribution in [-0.4, -0.2) is 36.7 Å². The Morgan fingerprint density at radius 3 is 2.60 bits per heavy atom. The SMILES string of the molecule is CCS(=O)(=O)Nc1cc2oc(-c3ccc(F)cc3)c(C(=O)NC)c2cc1-c1ccc2c(n1)-c1cc3ccccc3n1CO2. The maximum absolute atomic E-state index is 13.7. The van der Waals surface area contributed by atoms with E-state index < -0.39 is 21.7 Å². The van der Waals surface area contributed by atoms with E-state index in [-0.39, 0.29) is 28.3 Å². The fourth-order valence-corrected chi connectivity index (χ4v) is 6.06. The van der Waals surface area contributed by atoms with Gasteiger partial charge in [-0.25, -0.2) is 17.8 Å². The number of halogens is 1. The van der Waals surface area contributed by atoms with E-state index in [2.05, 4.69) is 10.0 Å². The predicted octanol–water partition coefficient (Wildman–Crippen LogP) is 6.39. The summed E-state index contributed by atoms with van der Waals surface area (Å²) in [7, 11) is -2.20. The molecule has 43 heavy (non-hydrogen) atoms. The Labute approximate surface area is 246 Å². The van der Waals surface area contributed by atoms with Crippen LogP contribution in [0.25, 0.3) is 55.8 Å². The molecule has 1 aliphatic rings. The first-order valence-electron chi connectivity index (χ1n) is 13.6. The van der Waals surface area contributed by atoms with Crippen LogP contribution in [-0.2, 0) is 16.8 Å². The number of aromatic nitrogens is 2. The number of benzene rings is 3. The van der Waals surface area contributed by atoms with E-state index in [0.717, 1.165) is 16.6 Å². The molecular weight excluding hydrogens is 571 g/mol. The number of rotatable bonds is 6. The van der Waals surface area contributed by atoms with Crippen molar-refractivity contribution in [2.75, 3.05) is 17.5 Å². The Bertz CT molecular complexity index is 2190. The zero-order chi connectivity index (χ0) is 29.9. The molecular formula is C32H25FN4O5S. The zero-order valence-electron chi connectivity index (χ0n) is 23.1. The van der Waals surface area contributed by atoms with Crippen LogP contribution < -0.4 is 14.8 Å². The van der Waals surface area contributed by atoms with Gasteiger partial charge in [0, 0.05) is 35.0 Å². The molecule has 9 nitrogen and oxygen atoms in total. The number of para-hydroxylation sites is 1. The summed E-state index contributed by atoms with van der Waals surface area (Å²) in [6.45, 7) is 1.87. The number of nitrogens with zero attached hydrogens (tertiary/aromatic N) is 2. The summed E-state index contributed by atoms with van der Waals surface area (Å²) in [4.78, 5) is 18.1. The molecule has 6 aromatic rings. The van der Waals surface area contributed by atoms with E-state index in [4.69, 9.17) is 14.1 Å². The smallest absolute Gasteiger partial charge is 0.255 e. The average Bonchev–Trinajstić information content (AvgIpc) is 3.59. The lowest BCUT2D eigenvalue weighted by molar-refractivity contribution is 0.0964. The number of hydrogen-bond donors (Lipinski definition) is 2. The molecule has 11 heteroatoms. The van der Waals surface area contributed by atoms with Crippen LogP contribution in [0, 0.1) is 5.82 Å². The molecule has 0 bridgehead atoms. The molecule has 2 N–H and O–H groups in total. The highest BCUT2D eigenvalue weighted by Gasteiger charge is 2.26. The quantitative estimate of drug-likeness (QED) is 0.230. The lowest BCUT2D eigenvalue weighted by Gasteiger charge is -2.21. The molecule has 216 valence electrons. The van der Waals surface area contributed by atoms with Gasteiger partial charge < -0.3 is 19.0 Å². The first kappa shape index (κ1) is 26.7. The molecule has 1 aliphatic heterocycles. The molecule has 0 fully saturated rings. The van der Waals surface area contributed by atoms with E-state index in [1.165, 1.54) is 38.2 Å². The Kier molecular flexibility index (Phi) is 6.21. The normalized spacial score (nSPS) is 12.5. The molecule has 3 aromatic heterocycles. The molecule has 0 saturated carbocycles. The minimum Gasteiger partial charge on any atom is -0.470 e. The first-order chi connectivity index (χ1) is 20.8. The summed E-state index contributed by atoms with van der Waals surface area (Å²) in [5.74, 6) is -0.169. The van der Waals surface area contributed by atoms with E-state index in [1.807, 2.05) is 34.9 Å². The van der Waals surface area contributed by atoms with Crippen LogP contribution in [0.2, 0.25) is 0 Å². The standard InChI is InChI=1S/C32H25FN4O5S/c1-3-43(39,40)36-24-16-28-22(29(32(38)34-2)31(42-28)18-8-10-20(33)11-9-18)15-21(24)23-12-13-27-30(35-23)26-14-19-6-4-5-7-25(19)37(26)17-41-27/h4-16,36H,3,17H2,1-2H3,(H,34,38). The molecule has 0 aliphatic carbocycles. The number of furan rings is 1. The molecule has 4 heterocycles. The molecule has 1 amide bonds. The monoisotopic (exact) mass is 596 g/mol. The third-order valence-electron chi connectivity index (χ3n) is 7.57. The van der Waals surface area contributed by atoms with Crippen molar-refractivity contribution in [2.45, 2.75) is 13.7 Å². The summed E-state index contributed by atoms with van der Waals surface area (Å²) in [6.07, 6.45) is 0.